The van der Waals surface area contributed by atoms with Gasteiger partial charge in [0.2, 0.25) is 17.1 Å². The molecule has 0 spiro atoms. The predicted octanol–water partition coefficient (Wildman–Crippen LogP) is 3.20. The number of hydrogen-bond acceptors (Lipinski definition) is 7. The van der Waals surface area contributed by atoms with Gasteiger partial charge in [-0.25, -0.2) is 4.98 Å². The Kier molecular flexibility index (Phi) is 6.71. The van der Waals surface area contributed by atoms with Crippen LogP contribution in [0.3, 0.4) is 0 Å². The number of amides is 1. The Morgan fingerprint density at radius 3 is 2.74 bits per heavy atom. The Bertz CT molecular complexity index is 1240. The van der Waals surface area contributed by atoms with Gasteiger partial charge in [0.15, 0.2) is 10.9 Å². The summed E-state index contributed by atoms with van der Waals surface area (Å²) in [6, 6.07) is 11.5. The Morgan fingerprint density at radius 1 is 1.23 bits per heavy atom. The van der Waals surface area contributed by atoms with Crippen LogP contribution < -0.4 is 10.7 Å². The number of imidazole rings is 1. The Labute approximate surface area is 208 Å². The van der Waals surface area contributed by atoms with Gasteiger partial charge in [0.05, 0.1) is 12.2 Å². The van der Waals surface area contributed by atoms with Crippen LogP contribution >= 0.6 is 11.8 Å². The van der Waals surface area contributed by atoms with Crippen LogP contribution in [-0.2, 0) is 29.8 Å². The third-order valence-electron chi connectivity index (χ3n) is 6.91. The maximum Gasteiger partial charge on any atom is 0.227 e. The molecule has 1 amide bonds. The lowest BCUT2D eigenvalue weighted by Gasteiger charge is -2.41. The van der Waals surface area contributed by atoms with Gasteiger partial charge in [-0.15, -0.1) is 0 Å². The van der Waals surface area contributed by atoms with Crippen molar-refractivity contribution in [3.63, 3.8) is 0 Å². The number of benzene rings is 1. The number of nitrogens with one attached hydrogen (secondary N) is 1. The van der Waals surface area contributed by atoms with Crippen LogP contribution in [0.1, 0.15) is 42.0 Å². The summed E-state index contributed by atoms with van der Waals surface area (Å²) < 4.78 is 8.03. The van der Waals surface area contributed by atoms with Crippen molar-refractivity contribution < 1.29 is 14.3 Å². The number of thioether (sulfide) groups is 1. The van der Waals surface area contributed by atoms with E-state index in [1.54, 1.807) is 18.7 Å². The summed E-state index contributed by atoms with van der Waals surface area (Å²) in [4.78, 5) is 32.4. The summed E-state index contributed by atoms with van der Waals surface area (Å²) in [5.74, 6) is 1.16. The first-order valence-corrected chi connectivity index (χ1v) is 13.0. The fraction of sp³-hybridized carbons (Fsp3) is 0.423. The monoisotopic (exact) mass is 494 g/mol. The third-order valence-corrected chi connectivity index (χ3v) is 7.88. The van der Waals surface area contributed by atoms with E-state index in [1.165, 1.54) is 11.6 Å². The summed E-state index contributed by atoms with van der Waals surface area (Å²) in [5, 5.41) is 14.6. The number of aromatic nitrogens is 2. The third kappa shape index (κ3) is 5.16. The summed E-state index contributed by atoms with van der Waals surface area (Å²) >= 11 is 1.72. The van der Waals surface area contributed by atoms with Gasteiger partial charge in [0.25, 0.3) is 0 Å². The molecule has 3 aromatic rings. The first-order valence-electron chi connectivity index (χ1n) is 12.0. The first-order chi connectivity index (χ1) is 16.9. The van der Waals surface area contributed by atoms with Gasteiger partial charge in [-0.1, -0.05) is 42.1 Å². The average Bonchev–Trinajstić information content (AvgIpc) is 3.44. The van der Waals surface area contributed by atoms with E-state index in [9.17, 15) is 14.7 Å². The Morgan fingerprint density at radius 2 is 2.00 bits per heavy atom. The van der Waals surface area contributed by atoms with Crippen molar-refractivity contribution in [2.75, 3.05) is 18.8 Å². The molecule has 2 N–H and O–H groups in total. The summed E-state index contributed by atoms with van der Waals surface area (Å²) in [5.41, 5.74) is 0.837. The molecule has 2 aliphatic heterocycles. The van der Waals surface area contributed by atoms with E-state index in [1.807, 2.05) is 24.4 Å². The minimum Gasteiger partial charge on any atom is -0.502 e. The van der Waals surface area contributed by atoms with Crippen LogP contribution in [0.5, 0.6) is 5.75 Å². The second-order valence-electron chi connectivity index (χ2n) is 9.45. The van der Waals surface area contributed by atoms with E-state index >= 15 is 0 Å². The molecule has 0 unspecified atom stereocenters. The van der Waals surface area contributed by atoms with Crippen molar-refractivity contribution in [1.29, 1.82) is 0 Å². The van der Waals surface area contributed by atoms with Gasteiger partial charge < -0.3 is 19.4 Å². The van der Waals surface area contributed by atoms with Crippen LogP contribution in [0.15, 0.2) is 57.0 Å². The molecule has 1 aromatic carbocycles. The van der Waals surface area contributed by atoms with Crippen LogP contribution in [0.25, 0.3) is 0 Å². The molecule has 2 aliphatic rings. The molecule has 1 saturated heterocycles. The molecule has 8 nitrogen and oxygen atoms in total. The number of aryl methyl sites for hydroxylation is 2. The molecule has 1 fully saturated rings. The summed E-state index contributed by atoms with van der Waals surface area (Å²) in [7, 11) is 0. The zero-order valence-electron chi connectivity index (χ0n) is 19.8. The molecular weight excluding hydrogens is 464 g/mol. The minimum atomic E-state index is -0.752. The van der Waals surface area contributed by atoms with Gasteiger partial charge in [0.1, 0.15) is 5.76 Å². The summed E-state index contributed by atoms with van der Waals surface area (Å²) in [6.07, 6.45) is 3.32. The normalized spacial score (nSPS) is 17.3. The number of fused-ring (bicyclic) bond motifs is 1. The predicted molar refractivity (Wildman–Crippen MR) is 133 cm³/mol. The van der Waals surface area contributed by atoms with Crippen LogP contribution in [0.4, 0.5) is 0 Å². The molecule has 0 radical (unpaired) electrons. The topological polar surface area (TPSA) is 101 Å². The molecular formula is C26H30N4O4S. The molecule has 184 valence electrons. The van der Waals surface area contributed by atoms with Crippen LogP contribution in [0.2, 0.25) is 0 Å². The highest BCUT2D eigenvalue weighted by Gasteiger charge is 2.43. The van der Waals surface area contributed by atoms with E-state index in [-0.39, 0.29) is 23.8 Å². The standard InChI is InChI=1S/C26H30N4O4S/c1-18-13-21(31)23(33)24(34-18)26(7-9-29(10-8-26)16-19-5-3-2-4-6-19)14-22(32)27-15-20-17-30-11-12-35-25(30)28-20/h2-6,13,17,33H,7-12,14-16H2,1H3,(H,27,32). The number of likely N-dealkylation sites (tertiary alicyclic amines) is 1. The Hall–Kier alpha value is -3.04. The SMILES string of the molecule is Cc1cc(=O)c(O)c(C2(CC(=O)NCc3cn4c(n3)SCC4)CCN(Cc3ccccc3)CC2)o1. The second-order valence-corrected chi connectivity index (χ2v) is 10.5. The zero-order valence-corrected chi connectivity index (χ0v) is 20.6. The van der Waals surface area contributed by atoms with Crippen molar-refractivity contribution in [3.8, 4) is 5.75 Å². The quantitative estimate of drug-likeness (QED) is 0.520. The molecule has 4 heterocycles. The number of carbonyl (C=O) groups excluding carboxylic acids is 1. The van der Waals surface area contributed by atoms with Gasteiger partial charge in [-0.2, -0.15) is 0 Å². The van der Waals surface area contributed by atoms with Crippen LogP contribution in [-0.4, -0.2) is 44.3 Å². The lowest BCUT2D eigenvalue weighted by atomic mass is 9.72. The number of rotatable bonds is 7. The smallest absolute Gasteiger partial charge is 0.227 e. The van der Waals surface area contributed by atoms with Crippen molar-refractivity contribution in [1.82, 2.24) is 19.8 Å². The maximum absolute atomic E-state index is 13.1. The van der Waals surface area contributed by atoms with Gasteiger partial charge in [-0.3, -0.25) is 14.5 Å². The van der Waals surface area contributed by atoms with Crippen molar-refractivity contribution in [3.05, 3.63) is 75.6 Å². The van der Waals surface area contributed by atoms with E-state index in [4.69, 9.17) is 4.42 Å². The molecule has 0 atom stereocenters. The number of hydrogen-bond donors (Lipinski definition) is 2. The van der Waals surface area contributed by atoms with Gasteiger partial charge in [-0.05, 0) is 38.4 Å². The van der Waals surface area contributed by atoms with Crippen molar-refractivity contribution >= 4 is 17.7 Å². The minimum absolute atomic E-state index is 0.133. The van der Waals surface area contributed by atoms with Gasteiger partial charge in [0, 0.05) is 42.9 Å². The van der Waals surface area contributed by atoms with Gasteiger partial charge >= 0.3 is 0 Å². The highest BCUT2D eigenvalue weighted by Crippen LogP contribution is 2.42. The fourth-order valence-corrected chi connectivity index (χ4v) is 6.00. The van der Waals surface area contributed by atoms with E-state index in [2.05, 4.69) is 31.9 Å². The highest BCUT2D eigenvalue weighted by molar-refractivity contribution is 7.99. The molecule has 35 heavy (non-hydrogen) atoms. The lowest BCUT2D eigenvalue weighted by molar-refractivity contribution is -0.123. The number of carbonyl (C=O) groups is 1. The average molecular weight is 495 g/mol. The van der Waals surface area contributed by atoms with E-state index < -0.39 is 10.8 Å². The van der Waals surface area contributed by atoms with Crippen LogP contribution in [0, 0.1) is 6.92 Å². The Balaban J connectivity index is 1.32. The number of nitrogens with zero attached hydrogens (tertiary/aromatic N) is 3. The number of piperidine rings is 1. The zero-order chi connectivity index (χ0) is 24.4. The molecule has 2 aromatic heterocycles. The lowest BCUT2D eigenvalue weighted by Crippen LogP contribution is -2.45. The van der Waals surface area contributed by atoms with Crippen molar-refractivity contribution in [2.45, 2.75) is 56.4 Å². The van der Waals surface area contributed by atoms with Crippen molar-refractivity contribution in [2.24, 2.45) is 0 Å². The molecule has 5 rings (SSSR count). The maximum atomic E-state index is 13.1. The highest BCUT2D eigenvalue weighted by atomic mass is 32.2. The fourth-order valence-electron chi connectivity index (χ4n) is 5.03. The summed E-state index contributed by atoms with van der Waals surface area (Å²) in [6.45, 7) is 5.25. The molecule has 0 saturated carbocycles. The first kappa shape index (κ1) is 23.7. The molecule has 0 bridgehead atoms. The second kappa shape index (κ2) is 9.91. The molecule has 0 aliphatic carbocycles. The van der Waals surface area contributed by atoms with E-state index in [0.29, 0.717) is 25.1 Å². The largest absolute Gasteiger partial charge is 0.502 e. The number of aromatic hydroxyl groups is 1. The molecule has 9 heteroatoms. The van der Waals surface area contributed by atoms with E-state index in [0.717, 1.165) is 42.8 Å².